The van der Waals surface area contributed by atoms with Gasteiger partial charge < -0.3 is 16.4 Å². The number of benzene rings is 2. The molecule has 0 aliphatic heterocycles. The molecule has 0 saturated heterocycles. The highest BCUT2D eigenvalue weighted by Gasteiger charge is 2.11. The van der Waals surface area contributed by atoms with Crippen LogP contribution in [0.25, 0.3) is 0 Å². The molecule has 0 aliphatic rings. The van der Waals surface area contributed by atoms with Gasteiger partial charge in [-0.15, -0.1) is 0 Å². The molecule has 5 nitrogen and oxygen atoms in total. The number of anilines is 3. The number of nitrogen functional groups attached to an aromatic ring is 1. The van der Waals surface area contributed by atoms with Crippen molar-refractivity contribution < 1.29 is 4.79 Å². The molecule has 1 amide bonds. The Hall–Kier alpha value is -2.97. The van der Waals surface area contributed by atoms with Crippen molar-refractivity contribution in [3.8, 4) is 6.07 Å². The summed E-state index contributed by atoms with van der Waals surface area (Å²) >= 11 is 6.02. The van der Waals surface area contributed by atoms with Gasteiger partial charge in [-0.05, 0) is 55.3 Å². The number of nitrogens with zero attached hydrogens (tertiary/aromatic N) is 1. The van der Waals surface area contributed by atoms with Crippen molar-refractivity contribution >= 4 is 34.6 Å². The lowest BCUT2D eigenvalue weighted by Gasteiger charge is -2.08. The summed E-state index contributed by atoms with van der Waals surface area (Å²) in [5.74, 6) is -0.555. The number of carbonyl (C=O) groups excluding carboxylic acids is 1. The van der Waals surface area contributed by atoms with Gasteiger partial charge in [-0.3, -0.25) is 4.79 Å². The van der Waals surface area contributed by atoms with Gasteiger partial charge in [-0.2, -0.15) is 5.26 Å². The molecule has 0 spiro atoms. The number of nitriles is 1. The molecule has 0 aromatic heterocycles. The highest BCUT2D eigenvalue weighted by atomic mass is 35.5. The van der Waals surface area contributed by atoms with E-state index in [-0.39, 0.29) is 5.57 Å². The highest BCUT2D eigenvalue weighted by Crippen LogP contribution is 2.24. The van der Waals surface area contributed by atoms with Crippen LogP contribution in [0.15, 0.2) is 48.2 Å². The third kappa shape index (κ3) is 4.51. The lowest BCUT2D eigenvalue weighted by atomic mass is 10.1. The maximum absolute atomic E-state index is 12.2. The number of amides is 1. The molecule has 6 heteroatoms. The van der Waals surface area contributed by atoms with Crippen molar-refractivity contribution in [3.05, 3.63) is 64.3 Å². The van der Waals surface area contributed by atoms with Crippen LogP contribution < -0.4 is 16.4 Å². The topological polar surface area (TPSA) is 90.9 Å². The summed E-state index contributed by atoms with van der Waals surface area (Å²) in [5.41, 5.74) is 9.40. The van der Waals surface area contributed by atoms with Crippen LogP contribution in [0.2, 0.25) is 5.02 Å². The summed E-state index contributed by atoms with van der Waals surface area (Å²) in [6, 6.07) is 12.5. The van der Waals surface area contributed by atoms with Crippen LogP contribution in [0.5, 0.6) is 0 Å². The van der Waals surface area contributed by atoms with Gasteiger partial charge >= 0.3 is 0 Å². The Morgan fingerprint density at radius 1 is 1.21 bits per heavy atom. The van der Waals surface area contributed by atoms with E-state index in [0.29, 0.717) is 16.4 Å². The van der Waals surface area contributed by atoms with Gasteiger partial charge in [0.25, 0.3) is 5.91 Å². The van der Waals surface area contributed by atoms with Crippen molar-refractivity contribution in [1.29, 1.82) is 5.26 Å². The molecule has 122 valence electrons. The number of hydrogen-bond donors (Lipinski definition) is 3. The fourth-order valence-corrected chi connectivity index (χ4v) is 2.42. The smallest absolute Gasteiger partial charge is 0.267 e. The number of carbonyl (C=O) groups is 1. The van der Waals surface area contributed by atoms with Gasteiger partial charge in [-0.1, -0.05) is 17.7 Å². The van der Waals surface area contributed by atoms with E-state index in [1.54, 1.807) is 12.1 Å². The first-order valence-electron chi connectivity index (χ1n) is 7.20. The van der Waals surface area contributed by atoms with Crippen LogP contribution in [0.1, 0.15) is 11.1 Å². The van der Waals surface area contributed by atoms with E-state index in [1.807, 2.05) is 38.1 Å². The summed E-state index contributed by atoms with van der Waals surface area (Å²) in [7, 11) is 0. The standard InChI is InChI=1S/C18H17ClN4O/c1-11-5-12(2)7-15(6-11)22-10-13(9-20)18(24)23-17-4-3-14(21)8-16(17)19/h3-8,10,22H,21H2,1-2H3,(H,23,24)/b13-10-. The zero-order chi connectivity index (χ0) is 17.7. The minimum absolute atomic E-state index is 0.0675. The quantitative estimate of drug-likeness (QED) is 0.445. The van der Waals surface area contributed by atoms with E-state index in [4.69, 9.17) is 17.3 Å². The molecule has 0 heterocycles. The molecule has 24 heavy (non-hydrogen) atoms. The van der Waals surface area contributed by atoms with Crippen molar-refractivity contribution in [2.75, 3.05) is 16.4 Å². The second-order valence-corrected chi connectivity index (χ2v) is 5.79. The first-order chi connectivity index (χ1) is 11.4. The molecule has 2 aromatic rings. The lowest BCUT2D eigenvalue weighted by molar-refractivity contribution is -0.112. The predicted octanol–water partition coefficient (Wildman–Crippen LogP) is 4.00. The SMILES string of the molecule is Cc1cc(C)cc(N/C=C(/C#N)C(=O)Nc2ccc(N)cc2Cl)c1. The second kappa shape index (κ2) is 7.53. The molecular formula is C18H17ClN4O. The lowest BCUT2D eigenvalue weighted by Crippen LogP contribution is -2.15. The largest absolute Gasteiger partial charge is 0.399 e. The van der Waals surface area contributed by atoms with Crippen LogP contribution in [-0.2, 0) is 4.79 Å². The highest BCUT2D eigenvalue weighted by molar-refractivity contribution is 6.34. The molecular weight excluding hydrogens is 324 g/mol. The maximum atomic E-state index is 12.2. The number of hydrogen-bond acceptors (Lipinski definition) is 4. The molecule has 4 N–H and O–H groups in total. The first-order valence-corrected chi connectivity index (χ1v) is 7.58. The number of halogens is 1. The van der Waals surface area contributed by atoms with Gasteiger partial charge in [-0.25, -0.2) is 0 Å². The molecule has 0 saturated carbocycles. The Morgan fingerprint density at radius 3 is 2.46 bits per heavy atom. The second-order valence-electron chi connectivity index (χ2n) is 5.38. The molecule has 2 aromatic carbocycles. The van der Waals surface area contributed by atoms with E-state index in [0.717, 1.165) is 16.8 Å². The van der Waals surface area contributed by atoms with Gasteiger partial charge in [0, 0.05) is 17.6 Å². The molecule has 2 rings (SSSR count). The fraction of sp³-hybridized carbons (Fsp3) is 0.111. The number of nitrogens with two attached hydrogens (primary N) is 1. The Kier molecular flexibility index (Phi) is 5.46. The van der Waals surface area contributed by atoms with Crippen molar-refractivity contribution in [3.63, 3.8) is 0 Å². The molecule has 0 bridgehead atoms. The number of aryl methyl sites for hydroxylation is 2. The molecule has 0 atom stereocenters. The van der Waals surface area contributed by atoms with E-state index < -0.39 is 5.91 Å². The van der Waals surface area contributed by atoms with Crippen molar-refractivity contribution in [2.24, 2.45) is 0 Å². The normalized spacial score (nSPS) is 10.8. The zero-order valence-electron chi connectivity index (χ0n) is 13.4. The third-order valence-corrected chi connectivity index (χ3v) is 3.52. The van der Waals surface area contributed by atoms with E-state index in [1.165, 1.54) is 12.3 Å². The van der Waals surface area contributed by atoms with Gasteiger partial charge in [0.2, 0.25) is 0 Å². The van der Waals surface area contributed by atoms with E-state index in [2.05, 4.69) is 10.6 Å². The summed E-state index contributed by atoms with van der Waals surface area (Å²) in [6.45, 7) is 3.95. The molecule has 0 unspecified atom stereocenters. The fourth-order valence-electron chi connectivity index (χ4n) is 2.18. The first kappa shape index (κ1) is 17.4. The summed E-state index contributed by atoms with van der Waals surface area (Å²) < 4.78 is 0. The average Bonchev–Trinajstić information content (AvgIpc) is 2.50. The maximum Gasteiger partial charge on any atom is 0.267 e. The van der Waals surface area contributed by atoms with Crippen molar-refractivity contribution in [2.45, 2.75) is 13.8 Å². The molecule has 0 fully saturated rings. The van der Waals surface area contributed by atoms with E-state index in [9.17, 15) is 10.1 Å². The number of nitrogens with one attached hydrogen (secondary N) is 2. The van der Waals surface area contributed by atoms with Crippen molar-refractivity contribution in [1.82, 2.24) is 0 Å². The van der Waals surface area contributed by atoms with Gasteiger partial charge in [0.05, 0.1) is 10.7 Å². The van der Waals surface area contributed by atoms with Crippen LogP contribution in [-0.4, -0.2) is 5.91 Å². The van der Waals surface area contributed by atoms with Crippen LogP contribution >= 0.6 is 11.6 Å². The Morgan fingerprint density at radius 2 is 1.88 bits per heavy atom. The van der Waals surface area contributed by atoms with Gasteiger partial charge in [0.15, 0.2) is 0 Å². The van der Waals surface area contributed by atoms with Crippen LogP contribution in [0.4, 0.5) is 17.1 Å². The molecule has 0 radical (unpaired) electrons. The van der Waals surface area contributed by atoms with Crippen LogP contribution in [0.3, 0.4) is 0 Å². The summed E-state index contributed by atoms with van der Waals surface area (Å²) in [5, 5.41) is 15.1. The average molecular weight is 341 g/mol. The Labute approximate surface area is 145 Å². The minimum Gasteiger partial charge on any atom is -0.399 e. The number of rotatable bonds is 4. The predicted molar refractivity (Wildman–Crippen MR) is 97.7 cm³/mol. The molecule has 0 aliphatic carbocycles. The Bertz CT molecular complexity index is 832. The van der Waals surface area contributed by atoms with E-state index >= 15 is 0 Å². The third-order valence-electron chi connectivity index (χ3n) is 3.21. The summed E-state index contributed by atoms with van der Waals surface area (Å²) in [4.78, 5) is 12.2. The minimum atomic E-state index is -0.555. The zero-order valence-corrected chi connectivity index (χ0v) is 14.1. The monoisotopic (exact) mass is 340 g/mol. The Balaban J connectivity index is 2.15. The van der Waals surface area contributed by atoms with Gasteiger partial charge in [0.1, 0.15) is 11.6 Å². The summed E-state index contributed by atoms with van der Waals surface area (Å²) in [6.07, 6.45) is 1.37. The van der Waals surface area contributed by atoms with Crippen LogP contribution in [0, 0.1) is 25.2 Å².